The summed E-state index contributed by atoms with van der Waals surface area (Å²) in [5.74, 6) is 1.96. The van der Waals surface area contributed by atoms with Crippen LogP contribution in [0, 0.1) is 0 Å². The Morgan fingerprint density at radius 2 is 1.81 bits per heavy atom. The minimum absolute atomic E-state index is 0.531. The first-order valence-electron chi connectivity index (χ1n) is 6.88. The van der Waals surface area contributed by atoms with E-state index in [1.54, 1.807) is 12.5 Å². The molecule has 1 saturated heterocycles. The summed E-state index contributed by atoms with van der Waals surface area (Å²) in [6, 6.07) is 4.08. The molecule has 1 aliphatic rings. The first kappa shape index (κ1) is 14.2. The van der Waals surface area contributed by atoms with E-state index in [0.717, 1.165) is 47.9 Å². The van der Waals surface area contributed by atoms with Gasteiger partial charge in [-0.05, 0) is 27.6 Å². The molecule has 3 rings (SSSR count). The van der Waals surface area contributed by atoms with Gasteiger partial charge in [-0.3, -0.25) is 0 Å². The minimum Gasteiger partial charge on any atom is -0.353 e. The van der Waals surface area contributed by atoms with Crippen LogP contribution in [0.5, 0.6) is 0 Å². The first-order valence-corrected chi connectivity index (χ1v) is 7.67. The van der Waals surface area contributed by atoms with Crippen molar-refractivity contribution in [1.82, 2.24) is 15.0 Å². The van der Waals surface area contributed by atoms with Crippen LogP contribution < -0.4 is 15.5 Å². The van der Waals surface area contributed by atoms with Crippen molar-refractivity contribution in [3.8, 4) is 0 Å². The molecule has 2 aromatic heterocycles. The summed E-state index contributed by atoms with van der Waals surface area (Å²) in [7, 11) is 0. The molecule has 0 radical (unpaired) electrons. The zero-order valence-electron chi connectivity index (χ0n) is 11.6. The number of aromatic nitrogens is 3. The predicted octanol–water partition coefficient (Wildman–Crippen LogP) is 1.42. The van der Waals surface area contributed by atoms with E-state index in [1.165, 1.54) is 0 Å². The van der Waals surface area contributed by atoms with Crippen molar-refractivity contribution < 1.29 is 0 Å². The van der Waals surface area contributed by atoms with Crippen LogP contribution in [0.3, 0.4) is 0 Å². The average Bonchev–Trinajstić information content (AvgIpc) is 2.56. The van der Waals surface area contributed by atoms with Crippen molar-refractivity contribution in [2.45, 2.75) is 6.54 Å². The Morgan fingerprint density at radius 3 is 2.43 bits per heavy atom. The Hall–Kier alpha value is -1.73. The molecule has 0 aliphatic carbocycles. The maximum absolute atomic E-state index is 5.60. The number of hydrogen-bond donors (Lipinski definition) is 1. The molecule has 0 unspecified atom stereocenters. The van der Waals surface area contributed by atoms with Gasteiger partial charge in [-0.15, -0.1) is 0 Å². The van der Waals surface area contributed by atoms with E-state index in [4.69, 9.17) is 5.73 Å². The second-order valence-electron chi connectivity index (χ2n) is 4.90. The lowest BCUT2D eigenvalue weighted by Gasteiger charge is -2.36. The molecule has 0 bridgehead atoms. The van der Waals surface area contributed by atoms with Gasteiger partial charge in [-0.25, -0.2) is 15.0 Å². The van der Waals surface area contributed by atoms with Gasteiger partial charge in [0.2, 0.25) is 0 Å². The number of nitrogens with zero attached hydrogens (tertiary/aromatic N) is 5. The van der Waals surface area contributed by atoms with E-state index in [1.807, 2.05) is 18.3 Å². The monoisotopic (exact) mass is 348 g/mol. The van der Waals surface area contributed by atoms with Crippen LogP contribution in [-0.4, -0.2) is 41.1 Å². The molecule has 1 aliphatic heterocycles. The highest BCUT2D eigenvalue weighted by atomic mass is 79.9. The fourth-order valence-electron chi connectivity index (χ4n) is 2.41. The fraction of sp³-hybridized carbons (Fsp3) is 0.357. The average molecular weight is 349 g/mol. The standard InChI is InChI=1S/C14H17BrN6/c15-12-9-17-10-19-14(12)21-5-3-20(4-6-21)13-2-1-11(7-16)8-18-13/h1-2,8-10H,3-7,16H2. The third-order valence-corrected chi connectivity index (χ3v) is 4.16. The van der Waals surface area contributed by atoms with Crippen LogP contribution in [0.15, 0.2) is 35.3 Å². The van der Waals surface area contributed by atoms with E-state index in [2.05, 4.69) is 40.7 Å². The third-order valence-electron chi connectivity index (χ3n) is 3.60. The van der Waals surface area contributed by atoms with Crippen molar-refractivity contribution >= 4 is 27.6 Å². The van der Waals surface area contributed by atoms with Gasteiger partial charge in [0.1, 0.15) is 18.0 Å². The predicted molar refractivity (Wildman–Crippen MR) is 86.3 cm³/mol. The largest absolute Gasteiger partial charge is 0.353 e. The molecule has 0 aromatic carbocycles. The van der Waals surface area contributed by atoms with E-state index >= 15 is 0 Å². The highest BCUT2D eigenvalue weighted by Crippen LogP contribution is 2.24. The molecule has 110 valence electrons. The Labute approximate surface area is 132 Å². The SMILES string of the molecule is NCc1ccc(N2CCN(c3ncncc3Br)CC2)nc1. The van der Waals surface area contributed by atoms with Crippen molar-refractivity contribution in [3.05, 3.63) is 40.9 Å². The van der Waals surface area contributed by atoms with E-state index in [9.17, 15) is 0 Å². The van der Waals surface area contributed by atoms with Gasteiger partial charge in [0.25, 0.3) is 0 Å². The number of anilines is 2. The second kappa shape index (κ2) is 6.36. The van der Waals surface area contributed by atoms with Crippen LogP contribution in [-0.2, 0) is 6.54 Å². The highest BCUT2D eigenvalue weighted by molar-refractivity contribution is 9.10. The molecule has 21 heavy (non-hydrogen) atoms. The zero-order valence-corrected chi connectivity index (χ0v) is 13.2. The number of rotatable bonds is 3. The lowest BCUT2D eigenvalue weighted by atomic mass is 10.2. The first-order chi connectivity index (χ1) is 10.3. The quantitative estimate of drug-likeness (QED) is 0.904. The lowest BCUT2D eigenvalue weighted by molar-refractivity contribution is 0.639. The normalized spacial score (nSPS) is 15.3. The van der Waals surface area contributed by atoms with Crippen LogP contribution >= 0.6 is 15.9 Å². The Morgan fingerprint density at radius 1 is 1.05 bits per heavy atom. The fourth-order valence-corrected chi connectivity index (χ4v) is 2.88. The molecule has 0 atom stereocenters. The van der Waals surface area contributed by atoms with Crippen LogP contribution in [0.2, 0.25) is 0 Å². The molecule has 0 spiro atoms. The molecule has 0 amide bonds. The van der Waals surface area contributed by atoms with Crippen LogP contribution in [0.25, 0.3) is 0 Å². The van der Waals surface area contributed by atoms with E-state index in [0.29, 0.717) is 6.54 Å². The summed E-state index contributed by atoms with van der Waals surface area (Å²) in [6.45, 7) is 4.20. The molecule has 2 N–H and O–H groups in total. The van der Waals surface area contributed by atoms with Crippen LogP contribution in [0.1, 0.15) is 5.56 Å². The molecule has 6 nitrogen and oxygen atoms in total. The summed E-state index contributed by atoms with van der Waals surface area (Å²) in [4.78, 5) is 17.4. The van der Waals surface area contributed by atoms with E-state index < -0.39 is 0 Å². The Kier molecular flexibility index (Phi) is 4.31. The maximum Gasteiger partial charge on any atom is 0.146 e. The van der Waals surface area contributed by atoms with Crippen molar-refractivity contribution in [2.75, 3.05) is 36.0 Å². The number of nitrogens with two attached hydrogens (primary N) is 1. The van der Waals surface area contributed by atoms with Gasteiger partial charge in [0.05, 0.1) is 4.47 Å². The number of hydrogen-bond acceptors (Lipinski definition) is 6. The number of pyridine rings is 1. The molecule has 1 fully saturated rings. The molecular formula is C14H17BrN6. The van der Waals surface area contributed by atoms with Crippen molar-refractivity contribution in [1.29, 1.82) is 0 Å². The smallest absolute Gasteiger partial charge is 0.146 e. The number of piperazine rings is 1. The van der Waals surface area contributed by atoms with Gasteiger partial charge in [-0.2, -0.15) is 0 Å². The Balaban J connectivity index is 1.66. The number of halogens is 1. The maximum atomic E-state index is 5.60. The van der Waals surface area contributed by atoms with Crippen molar-refractivity contribution in [2.24, 2.45) is 5.73 Å². The minimum atomic E-state index is 0.531. The molecule has 0 saturated carbocycles. The zero-order chi connectivity index (χ0) is 14.7. The third kappa shape index (κ3) is 3.14. The van der Waals surface area contributed by atoms with Gasteiger partial charge in [-0.1, -0.05) is 6.07 Å². The summed E-state index contributed by atoms with van der Waals surface area (Å²) in [5, 5.41) is 0. The highest BCUT2D eigenvalue weighted by Gasteiger charge is 2.20. The second-order valence-corrected chi connectivity index (χ2v) is 5.75. The summed E-state index contributed by atoms with van der Waals surface area (Å²) in [5.41, 5.74) is 6.66. The topological polar surface area (TPSA) is 71.2 Å². The summed E-state index contributed by atoms with van der Waals surface area (Å²) in [6.07, 6.45) is 5.21. The van der Waals surface area contributed by atoms with Gasteiger partial charge in [0.15, 0.2) is 0 Å². The Bertz CT molecular complexity index is 595. The summed E-state index contributed by atoms with van der Waals surface area (Å²) >= 11 is 3.50. The van der Waals surface area contributed by atoms with E-state index in [-0.39, 0.29) is 0 Å². The molecule has 7 heteroatoms. The van der Waals surface area contributed by atoms with Crippen LogP contribution in [0.4, 0.5) is 11.6 Å². The molecule has 2 aromatic rings. The lowest BCUT2D eigenvalue weighted by Crippen LogP contribution is -2.47. The van der Waals surface area contributed by atoms with Crippen molar-refractivity contribution in [3.63, 3.8) is 0 Å². The summed E-state index contributed by atoms with van der Waals surface area (Å²) < 4.78 is 0.934. The van der Waals surface area contributed by atoms with Gasteiger partial charge < -0.3 is 15.5 Å². The molecular weight excluding hydrogens is 332 g/mol. The van der Waals surface area contributed by atoms with Gasteiger partial charge in [0, 0.05) is 45.1 Å². The molecule has 3 heterocycles. The van der Waals surface area contributed by atoms with Gasteiger partial charge >= 0.3 is 0 Å².